The second kappa shape index (κ2) is 3.73. The van der Waals surface area contributed by atoms with Crippen molar-refractivity contribution in [3.63, 3.8) is 0 Å². The third-order valence-corrected chi connectivity index (χ3v) is 2.89. The minimum atomic E-state index is 0.794. The van der Waals surface area contributed by atoms with E-state index in [0.717, 1.165) is 29.7 Å². The van der Waals surface area contributed by atoms with Crippen molar-refractivity contribution in [3.05, 3.63) is 42.2 Å². The Hall–Kier alpha value is -2.10. The van der Waals surface area contributed by atoms with Crippen LogP contribution in [0, 0.1) is 6.92 Å². The topological polar surface area (TPSA) is 32.3 Å². The standard InChI is InChI=1S/C13H14N4/c1-10-8-14-12-13(15-10)17(9-16(12)2)11-6-4-3-5-7-11/h3-8H,9H2,1-2H3. The Labute approximate surface area is 101 Å². The van der Waals surface area contributed by atoms with Crippen LogP contribution in [0.3, 0.4) is 0 Å². The summed E-state index contributed by atoms with van der Waals surface area (Å²) in [5, 5.41) is 0. The SMILES string of the molecule is Cc1cnc2c(n1)N(c1ccccc1)CN2C. The quantitative estimate of drug-likeness (QED) is 0.747. The van der Waals surface area contributed by atoms with Gasteiger partial charge in [0, 0.05) is 12.7 Å². The number of hydrogen-bond donors (Lipinski definition) is 0. The summed E-state index contributed by atoms with van der Waals surface area (Å²) in [5.41, 5.74) is 2.10. The first-order valence-electron chi connectivity index (χ1n) is 5.63. The summed E-state index contributed by atoms with van der Waals surface area (Å²) in [5.74, 6) is 1.89. The highest BCUT2D eigenvalue weighted by atomic mass is 15.4. The van der Waals surface area contributed by atoms with E-state index in [9.17, 15) is 0 Å². The Morgan fingerprint density at radius 3 is 2.65 bits per heavy atom. The molecule has 0 N–H and O–H groups in total. The van der Waals surface area contributed by atoms with E-state index in [1.54, 1.807) is 0 Å². The normalized spacial score (nSPS) is 14.0. The van der Waals surface area contributed by atoms with Crippen LogP contribution in [0.2, 0.25) is 0 Å². The number of anilines is 3. The molecule has 86 valence electrons. The third kappa shape index (κ3) is 1.62. The van der Waals surface area contributed by atoms with Gasteiger partial charge in [-0.3, -0.25) is 0 Å². The Morgan fingerprint density at radius 1 is 1.12 bits per heavy atom. The van der Waals surface area contributed by atoms with E-state index in [0.29, 0.717) is 0 Å². The predicted octanol–water partition coefficient (Wildman–Crippen LogP) is 2.33. The van der Waals surface area contributed by atoms with Gasteiger partial charge in [-0.1, -0.05) is 18.2 Å². The first-order valence-corrected chi connectivity index (χ1v) is 5.63. The summed E-state index contributed by atoms with van der Waals surface area (Å²) in [6.07, 6.45) is 1.81. The molecule has 3 rings (SSSR count). The molecule has 2 heterocycles. The number of rotatable bonds is 1. The lowest BCUT2D eigenvalue weighted by molar-refractivity contribution is 0.935. The van der Waals surface area contributed by atoms with Crippen molar-refractivity contribution in [1.82, 2.24) is 9.97 Å². The summed E-state index contributed by atoms with van der Waals surface area (Å²) in [7, 11) is 2.03. The number of benzene rings is 1. The number of para-hydroxylation sites is 1. The van der Waals surface area contributed by atoms with Crippen LogP contribution in [0.15, 0.2) is 36.5 Å². The average Bonchev–Trinajstić information content (AvgIpc) is 2.67. The summed E-state index contributed by atoms with van der Waals surface area (Å²) < 4.78 is 0. The van der Waals surface area contributed by atoms with E-state index >= 15 is 0 Å². The van der Waals surface area contributed by atoms with Crippen molar-refractivity contribution in [2.45, 2.75) is 6.92 Å². The fourth-order valence-electron chi connectivity index (χ4n) is 2.07. The van der Waals surface area contributed by atoms with Gasteiger partial charge in [0.1, 0.15) is 0 Å². The molecule has 0 atom stereocenters. The molecule has 0 bridgehead atoms. The molecule has 0 saturated carbocycles. The Kier molecular flexibility index (Phi) is 2.21. The molecule has 0 aliphatic carbocycles. The minimum absolute atomic E-state index is 0.794. The average molecular weight is 226 g/mol. The maximum absolute atomic E-state index is 4.58. The minimum Gasteiger partial charge on any atom is -0.338 e. The smallest absolute Gasteiger partial charge is 0.178 e. The molecule has 1 aromatic heterocycles. The first kappa shape index (κ1) is 10.1. The molecular formula is C13H14N4. The van der Waals surface area contributed by atoms with Gasteiger partial charge in [-0.25, -0.2) is 9.97 Å². The summed E-state index contributed by atoms with van der Waals surface area (Å²) in [6.45, 7) is 2.76. The lowest BCUT2D eigenvalue weighted by Crippen LogP contribution is -2.24. The number of aromatic nitrogens is 2. The van der Waals surface area contributed by atoms with Crippen molar-refractivity contribution in [2.24, 2.45) is 0 Å². The van der Waals surface area contributed by atoms with Gasteiger partial charge < -0.3 is 9.80 Å². The van der Waals surface area contributed by atoms with Crippen LogP contribution >= 0.6 is 0 Å². The zero-order valence-corrected chi connectivity index (χ0v) is 9.96. The van der Waals surface area contributed by atoms with Crippen LogP contribution in [-0.2, 0) is 0 Å². The zero-order valence-electron chi connectivity index (χ0n) is 9.96. The number of aryl methyl sites for hydroxylation is 1. The lowest BCUT2D eigenvalue weighted by atomic mass is 10.3. The maximum atomic E-state index is 4.58. The fraction of sp³-hybridized carbons (Fsp3) is 0.231. The molecule has 1 aliphatic heterocycles. The molecule has 0 unspecified atom stereocenters. The molecule has 1 aliphatic rings. The van der Waals surface area contributed by atoms with Crippen LogP contribution in [0.5, 0.6) is 0 Å². The highest BCUT2D eigenvalue weighted by molar-refractivity contribution is 5.75. The van der Waals surface area contributed by atoms with E-state index in [4.69, 9.17) is 0 Å². The highest BCUT2D eigenvalue weighted by Gasteiger charge is 2.27. The summed E-state index contributed by atoms with van der Waals surface area (Å²) in [6, 6.07) is 10.3. The lowest BCUT2D eigenvalue weighted by Gasteiger charge is -2.17. The van der Waals surface area contributed by atoms with Gasteiger partial charge in [-0.15, -0.1) is 0 Å². The van der Waals surface area contributed by atoms with E-state index in [2.05, 4.69) is 31.9 Å². The highest BCUT2D eigenvalue weighted by Crippen LogP contribution is 2.36. The zero-order chi connectivity index (χ0) is 11.8. The molecule has 17 heavy (non-hydrogen) atoms. The molecule has 0 radical (unpaired) electrons. The second-order valence-corrected chi connectivity index (χ2v) is 4.26. The van der Waals surface area contributed by atoms with E-state index in [-0.39, 0.29) is 0 Å². The van der Waals surface area contributed by atoms with Crippen molar-refractivity contribution in [1.29, 1.82) is 0 Å². The number of hydrogen-bond acceptors (Lipinski definition) is 4. The molecular weight excluding hydrogens is 212 g/mol. The Balaban J connectivity index is 2.09. The molecule has 4 heteroatoms. The Morgan fingerprint density at radius 2 is 1.88 bits per heavy atom. The van der Waals surface area contributed by atoms with Gasteiger partial charge >= 0.3 is 0 Å². The fourth-order valence-corrected chi connectivity index (χ4v) is 2.07. The molecule has 2 aromatic rings. The molecule has 0 fully saturated rings. The van der Waals surface area contributed by atoms with E-state index in [1.165, 1.54) is 0 Å². The maximum Gasteiger partial charge on any atom is 0.178 e. The monoisotopic (exact) mass is 226 g/mol. The molecule has 4 nitrogen and oxygen atoms in total. The van der Waals surface area contributed by atoms with Crippen LogP contribution < -0.4 is 9.80 Å². The summed E-state index contributed by atoms with van der Waals surface area (Å²) >= 11 is 0. The van der Waals surface area contributed by atoms with Gasteiger partial charge in [0.05, 0.1) is 18.6 Å². The van der Waals surface area contributed by atoms with Gasteiger partial charge in [0.2, 0.25) is 0 Å². The van der Waals surface area contributed by atoms with Gasteiger partial charge in [0.15, 0.2) is 11.6 Å². The second-order valence-electron chi connectivity index (χ2n) is 4.26. The Bertz CT molecular complexity index is 538. The van der Waals surface area contributed by atoms with Gasteiger partial charge in [-0.05, 0) is 19.1 Å². The van der Waals surface area contributed by atoms with E-state index in [1.807, 2.05) is 38.4 Å². The molecule has 0 spiro atoms. The molecule has 0 saturated heterocycles. The van der Waals surface area contributed by atoms with Gasteiger partial charge in [-0.2, -0.15) is 0 Å². The van der Waals surface area contributed by atoms with Crippen molar-refractivity contribution >= 4 is 17.3 Å². The summed E-state index contributed by atoms with van der Waals surface area (Å²) in [4.78, 5) is 13.3. The predicted molar refractivity (Wildman–Crippen MR) is 68.6 cm³/mol. The largest absolute Gasteiger partial charge is 0.338 e. The number of fused-ring (bicyclic) bond motifs is 1. The third-order valence-electron chi connectivity index (χ3n) is 2.89. The van der Waals surface area contributed by atoms with E-state index < -0.39 is 0 Å². The van der Waals surface area contributed by atoms with Crippen LogP contribution in [0.25, 0.3) is 0 Å². The molecule has 0 amide bonds. The van der Waals surface area contributed by atoms with Crippen molar-refractivity contribution < 1.29 is 0 Å². The number of nitrogens with zero attached hydrogens (tertiary/aromatic N) is 4. The van der Waals surface area contributed by atoms with Gasteiger partial charge in [0.25, 0.3) is 0 Å². The first-order chi connectivity index (χ1) is 8.25. The van der Waals surface area contributed by atoms with Crippen LogP contribution in [-0.4, -0.2) is 23.7 Å². The van der Waals surface area contributed by atoms with Crippen LogP contribution in [0.1, 0.15) is 5.69 Å². The van der Waals surface area contributed by atoms with Crippen LogP contribution in [0.4, 0.5) is 17.3 Å². The molecule has 1 aromatic carbocycles. The van der Waals surface area contributed by atoms with Crippen molar-refractivity contribution in [3.8, 4) is 0 Å². The van der Waals surface area contributed by atoms with Crippen molar-refractivity contribution in [2.75, 3.05) is 23.5 Å².